The van der Waals surface area contributed by atoms with E-state index in [1.807, 2.05) is 11.6 Å². The van der Waals surface area contributed by atoms with E-state index in [0.717, 1.165) is 50.2 Å². The van der Waals surface area contributed by atoms with Crippen molar-refractivity contribution < 1.29 is 9.90 Å². The summed E-state index contributed by atoms with van der Waals surface area (Å²) in [4.78, 5) is 16.6. The van der Waals surface area contributed by atoms with Crippen LogP contribution in [0.5, 0.6) is 0 Å². The average molecular weight is 292 g/mol. The van der Waals surface area contributed by atoms with E-state index >= 15 is 0 Å². The fourth-order valence-corrected chi connectivity index (χ4v) is 3.52. The molecule has 0 aromatic carbocycles. The maximum absolute atomic E-state index is 12.2. The van der Waals surface area contributed by atoms with Crippen molar-refractivity contribution in [2.24, 2.45) is 0 Å². The Morgan fingerprint density at radius 2 is 2.19 bits per heavy atom. The van der Waals surface area contributed by atoms with Crippen LogP contribution in [0.1, 0.15) is 56.6 Å². The molecule has 116 valence electrons. The number of nitrogens with one attached hydrogen (secondary N) is 1. The summed E-state index contributed by atoms with van der Waals surface area (Å²) in [6, 6.07) is 0.0956. The zero-order chi connectivity index (χ0) is 14.9. The number of amides is 1. The minimum atomic E-state index is -0.786. The van der Waals surface area contributed by atoms with Crippen LogP contribution < -0.4 is 5.32 Å². The van der Waals surface area contributed by atoms with Gasteiger partial charge in [-0.15, -0.1) is 0 Å². The highest BCUT2D eigenvalue weighted by Crippen LogP contribution is 2.30. The van der Waals surface area contributed by atoms with Gasteiger partial charge in [-0.05, 0) is 26.2 Å². The monoisotopic (exact) mass is 292 g/mol. The molecule has 6 heteroatoms. The summed E-state index contributed by atoms with van der Waals surface area (Å²) in [5, 5.41) is 17.8. The third-order valence-corrected chi connectivity index (χ3v) is 4.60. The molecule has 0 saturated heterocycles. The number of rotatable bonds is 3. The minimum absolute atomic E-state index is 0.0373. The second kappa shape index (κ2) is 5.75. The van der Waals surface area contributed by atoms with Crippen LogP contribution in [0.4, 0.5) is 0 Å². The van der Waals surface area contributed by atoms with Gasteiger partial charge in [-0.2, -0.15) is 5.10 Å². The molecular formula is C15H24N4O2. The largest absolute Gasteiger partial charge is 0.389 e. The Bertz CT molecular complexity index is 520. The Morgan fingerprint density at radius 1 is 1.43 bits per heavy atom. The Balaban J connectivity index is 1.54. The molecule has 2 aliphatic rings. The number of fused-ring (bicyclic) bond motifs is 1. The third-order valence-electron chi connectivity index (χ3n) is 4.60. The molecule has 21 heavy (non-hydrogen) atoms. The van der Waals surface area contributed by atoms with Crippen molar-refractivity contribution in [2.45, 2.75) is 76.5 Å². The van der Waals surface area contributed by atoms with Gasteiger partial charge in [0.05, 0.1) is 18.6 Å². The normalized spacial score (nSPS) is 24.4. The van der Waals surface area contributed by atoms with Crippen LogP contribution in [0.3, 0.4) is 0 Å². The van der Waals surface area contributed by atoms with Crippen LogP contribution in [0.2, 0.25) is 0 Å². The van der Waals surface area contributed by atoms with Crippen molar-refractivity contribution in [3.05, 3.63) is 11.6 Å². The summed E-state index contributed by atoms with van der Waals surface area (Å²) >= 11 is 0. The maximum atomic E-state index is 12.2. The molecule has 1 aliphatic carbocycles. The number of hydrogen-bond acceptors (Lipinski definition) is 4. The molecule has 0 radical (unpaired) electrons. The lowest BCUT2D eigenvalue weighted by Gasteiger charge is -2.32. The number of nitrogens with zero attached hydrogens (tertiary/aromatic N) is 3. The summed E-state index contributed by atoms with van der Waals surface area (Å²) in [6.07, 6.45) is 6.67. The van der Waals surface area contributed by atoms with E-state index in [4.69, 9.17) is 0 Å². The van der Waals surface area contributed by atoms with Gasteiger partial charge in [-0.1, -0.05) is 19.3 Å². The molecule has 1 atom stereocenters. The first-order valence-corrected chi connectivity index (χ1v) is 7.96. The van der Waals surface area contributed by atoms with Crippen molar-refractivity contribution in [2.75, 3.05) is 0 Å². The summed E-state index contributed by atoms with van der Waals surface area (Å²) in [7, 11) is 0. The summed E-state index contributed by atoms with van der Waals surface area (Å²) in [5.74, 6) is 1.75. The number of aryl methyl sites for hydroxylation is 2. The smallest absolute Gasteiger partial charge is 0.223 e. The van der Waals surface area contributed by atoms with Crippen LogP contribution in [0.25, 0.3) is 0 Å². The van der Waals surface area contributed by atoms with Gasteiger partial charge in [0.1, 0.15) is 11.6 Å². The molecule has 2 heterocycles. The molecule has 1 aromatic rings. The van der Waals surface area contributed by atoms with E-state index in [-0.39, 0.29) is 18.4 Å². The second-order valence-electron chi connectivity index (χ2n) is 6.52. The van der Waals surface area contributed by atoms with Gasteiger partial charge in [0.2, 0.25) is 5.91 Å². The lowest BCUT2D eigenvalue weighted by Crippen LogP contribution is -2.45. The molecule has 1 fully saturated rings. The number of carbonyl (C=O) groups excluding carboxylic acids is 1. The summed E-state index contributed by atoms with van der Waals surface area (Å²) < 4.78 is 1.89. The van der Waals surface area contributed by atoms with E-state index in [1.54, 1.807) is 0 Å². The minimum Gasteiger partial charge on any atom is -0.389 e. The van der Waals surface area contributed by atoms with Gasteiger partial charge < -0.3 is 10.4 Å². The quantitative estimate of drug-likeness (QED) is 0.874. The first-order chi connectivity index (χ1) is 10.0. The van der Waals surface area contributed by atoms with Crippen molar-refractivity contribution in [3.8, 4) is 0 Å². The third kappa shape index (κ3) is 3.43. The average Bonchev–Trinajstić information content (AvgIpc) is 2.78. The van der Waals surface area contributed by atoms with Crippen molar-refractivity contribution in [3.63, 3.8) is 0 Å². The summed E-state index contributed by atoms with van der Waals surface area (Å²) in [5.41, 5.74) is -0.786. The molecule has 2 N–H and O–H groups in total. The van der Waals surface area contributed by atoms with Gasteiger partial charge >= 0.3 is 0 Å². The number of aliphatic hydroxyl groups is 1. The fourth-order valence-electron chi connectivity index (χ4n) is 3.52. The molecule has 1 unspecified atom stereocenters. The van der Waals surface area contributed by atoms with Crippen LogP contribution in [0, 0.1) is 6.92 Å². The molecule has 1 amide bonds. The van der Waals surface area contributed by atoms with E-state index < -0.39 is 5.60 Å². The maximum Gasteiger partial charge on any atom is 0.223 e. The molecule has 1 saturated carbocycles. The van der Waals surface area contributed by atoms with Crippen molar-refractivity contribution >= 4 is 5.91 Å². The number of aromatic nitrogens is 3. The first kappa shape index (κ1) is 14.5. The molecule has 0 bridgehead atoms. The van der Waals surface area contributed by atoms with E-state index in [9.17, 15) is 9.90 Å². The number of hydrogen-bond donors (Lipinski definition) is 2. The first-order valence-electron chi connectivity index (χ1n) is 7.96. The zero-order valence-corrected chi connectivity index (χ0v) is 12.6. The van der Waals surface area contributed by atoms with E-state index in [1.165, 1.54) is 6.42 Å². The zero-order valence-electron chi connectivity index (χ0n) is 12.6. The fraction of sp³-hybridized carbons (Fsp3) is 0.800. The standard InChI is InChI=1S/C15H24N4O2/c1-11-16-13-6-5-12(10-19(13)18-11)17-14(20)9-15(21)7-3-2-4-8-15/h12,21H,2-10H2,1H3,(H,17,20). The molecular weight excluding hydrogens is 268 g/mol. The Kier molecular flexibility index (Phi) is 3.97. The SMILES string of the molecule is Cc1nc2n(n1)CC(NC(=O)CC1(O)CCCCC1)CC2. The molecule has 6 nitrogen and oxygen atoms in total. The van der Waals surface area contributed by atoms with Gasteiger partial charge in [0.15, 0.2) is 0 Å². The second-order valence-corrected chi connectivity index (χ2v) is 6.52. The lowest BCUT2D eigenvalue weighted by molar-refractivity contribution is -0.128. The Morgan fingerprint density at radius 3 is 2.95 bits per heavy atom. The predicted molar refractivity (Wildman–Crippen MR) is 77.7 cm³/mol. The van der Waals surface area contributed by atoms with E-state index in [0.29, 0.717) is 6.54 Å². The molecule has 3 rings (SSSR count). The van der Waals surface area contributed by atoms with Crippen molar-refractivity contribution in [1.82, 2.24) is 20.1 Å². The Labute approximate surface area is 124 Å². The molecule has 0 spiro atoms. The van der Waals surface area contributed by atoms with Crippen LogP contribution in [-0.4, -0.2) is 37.4 Å². The van der Waals surface area contributed by atoms with Gasteiger partial charge in [0, 0.05) is 12.5 Å². The highest BCUT2D eigenvalue weighted by molar-refractivity contribution is 5.77. The Hall–Kier alpha value is -1.43. The molecule has 1 aliphatic heterocycles. The highest BCUT2D eigenvalue weighted by Gasteiger charge is 2.32. The predicted octanol–water partition coefficient (Wildman–Crippen LogP) is 1.10. The number of carbonyl (C=O) groups is 1. The lowest BCUT2D eigenvalue weighted by atomic mass is 9.82. The summed E-state index contributed by atoms with van der Waals surface area (Å²) in [6.45, 7) is 2.57. The topological polar surface area (TPSA) is 80.0 Å². The van der Waals surface area contributed by atoms with Gasteiger partial charge in [-0.25, -0.2) is 9.67 Å². The van der Waals surface area contributed by atoms with Gasteiger partial charge in [0.25, 0.3) is 0 Å². The highest BCUT2D eigenvalue weighted by atomic mass is 16.3. The van der Waals surface area contributed by atoms with Crippen LogP contribution in [0.15, 0.2) is 0 Å². The molecule has 1 aromatic heterocycles. The van der Waals surface area contributed by atoms with Crippen LogP contribution >= 0.6 is 0 Å². The van der Waals surface area contributed by atoms with Gasteiger partial charge in [-0.3, -0.25) is 4.79 Å². The van der Waals surface area contributed by atoms with Crippen LogP contribution in [-0.2, 0) is 17.8 Å². The van der Waals surface area contributed by atoms with E-state index in [2.05, 4.69) is 15.4 Å². The van der Waals surface area contributed by atoms with Crippen molar-refractivity contribution in [1.29, 1.82) is 0 Å².